The first-order chi connectivity index (χ1) is 11.6. The molecule has 0 aliphatic carbocycles. The molecule has 0 saturated carbocycles. The number of carbonyl (C=O) groups excluding carboxylic acids is 1. The molecule has 2 N–H and O–H groups in total. The summed E-state index contributed by atoms with van der Waals surface area (Å²) in [6.45, 7) is 1.48. The van der Waals surface area contributed by atoms with Gasteiger partial charge in [0.2, 0.25) is 5.91 Å². The maximum Gasteiger partial charge on any atom is 0.335 e. The SMILES string of the molecule is O=C(O)c1cccc(NC(=O)C2CCN(c3cnccn3)CC2)c1. The van der Waals surface area contributed by atoms with Crippen molar-refractivity contribution in [1.29, 1.82) is 0 Å². The van der Waals surface area contributed by atoms with Gasteiger partial charge in [-0.1, -0.05) is 6.07 Å². The van der Waals surface area contributed by atoms with Crippen LogP contribution in [0.2, 0.25) is 0 Å². The van der Waals surface area contributed by atoms with E-state index in [0.717, 1.165) is 31.7 Å². The summed E-state index contributed by atoms with van der Waals surface area (Å²) in [7, 11) is 0. The summed E-state index contributed by atoms with van der Waals surface area (Å²) in [5, 5.41) is 11.8. The van der Waals surface area contributed by atoms with Crippen LogP contribution in [-0.4, -0.2) is 40.0 Å². The number of rotatable bonds is 4. The topological polar surface area (TPSA) is 95.4 Å². The molecule has 1 aliphatic rings. The van der Waals surface area contributed by atoms with Crippen molar-refractivity contribution in [3.63, 3.8) is 0 Å². The number of amides is 1. The van der Waals surface area contributed by atoms with Crippen molar-refractivity contribution in [3.8, 4) is 0 Å². The Morgan fingerprint density at radius 2 is 2.00 bits per heavy atom. The van der Waals surface area contributed by atoms with Crippen LogP contribution in [0.5, 0.6) is 0 Å². The minimum atomic E-state index is -1.01. The Balaban J connectivity index is 1.57. The molecule has 3 rings (SSSR count). The van der Waals surface area contributed by atoms with Gasteiger partial charge in [-0.3, -0.25) is 9.78 Å². The lowest BCUT2D eigenvalue weighted by molar-refractivity contribution is -0.120. The quantitative estimate of drug-likeness (QED) is 0.892. The molecule has 1 aromatic heterocycles. The minimum Gasteiger partial charge on any atom is -0.478 e. The van der Waals surface area contributed by atoms with Crippen molar-refractivity contribution in [2.24, 2.45) is 5.92 Å². The number of nitrogens with zero attached hydrogens (tertiary/aromatic N) is 3. The van der Waals surface area contributed by atoms with Gasteiger partial charge in [-0.25, -0.2) is 9.78 Å². The molecule has 7 heteroatoms. The fourth-order valence-electron chi connectivity index (χ4n) is 2.80. The number of anilines is 2. The lowest BCUT2D eigenvalue weighted by atomic mass is 9.96. The number of carboxylic acids is 1. The molecule has 124 valence electrons. The second kappa shape index (κ2) is 7.08. The first kappa shape index (κ1) is 15.9. The smallest absolute Gasteiger partial charge is 0.335 e. The van der Waals surface area contributed by atoms with Crippen LogP contribution in [-0.2, 0) is 4.79 Å². The number of nitrogens with one attached hydrogen (secondary N) is 1. The van der Waals surface area contributed by atoms with Crippen LogP contribution in [0.3, 0.4) is 0 Å². The van der Waals surface area contributed by atoms with Crippen LogP contribution >= 0.6 is 0 Å². The van der Waals surface area contributed by atoms with Gasteiger partial charge in [0.1, 0.15) is 5.82 Å². The van der Waals surface area contributed by atoms with Gasteiger partial charge in [0.15, 0.2) is 0 Å². The highest BCUT2D eigenvalue weighted by molar-refractivity contribution is 5.95. The summed E-state index contributed by atoms with van der Waals surface area (Å²) in [5.41, 5.74) is 0.668. The van der Waals surface area contributed by atoms with Crippen LogP contribution in [0.15, 0.2) is 42.9 Å². The zero-order valence-corrected chi connectivity index (χ0v) is 13.1. The maximum absolute atomic E-state index is 12.4. The zero-order valence-electron chi connectivity index (χ0n) is 13.1. The lowest BCUT2D eigenvalue weighted by Crippen LogP contribution is -2.38. The molecular weight excluding hydrogens is 308 g/mol. The molecule has 0 bridgehead atoms. The number of benzene rings is 1. The number of aromatic carboxylic acids is 1. The predicted octanol–water partition coefficient (Wildman–Crippen LogP) is 2.03. The Kier molecular flexibility index (Phi) is 4.69. The van der Waals surface area contributed by atoms with E-state index in [9.17, 15) is 9.59 Å². The normalized spacial score (nSPS) is 15.1. The van der Waals surface area contributed by atoms with E-state index < -0.39 is 5.97 Å². The fourth-order valence-corrected chi connectivity index (χ4v) is 2.80. The molecule has 7 nitrogen and oxygen atoms in total. The number of carboxylic acid groups (broad SMARTS) is 1. The first-order valence-corrected chi connectivity index (χ1v) is 7.78. The maximum atomic E-state index is 12.4. The van der Waals surface area contributed by atoms with Gasteiger partial charge in [0, 0.05) is 37.1 Å². The molecule has 1 aliphatic heterocycles. The second-order valence-corrected chi connectivity index (χ2v) is 5.70. The van der Waals surface area contributed by atoms with E-state index in [0.29, 0.717) is 5.69 Å². The van der Waals surface area contributed by atoms with Crippen molar-refractivity contribution in [2.45, 2.75) is 12.8 Å². The Morgan fingerprint density at radius 1 is 1.21 bits per heavy atom. The minimum absolute atomic E-state index is 0.0728. The summed E-state index contributed by atoms with van der Waals surface area (Å²) >= 11 is 0. The van der Waals surface area contributed by atoms with E-state index in [1.54, 1.807) is 30.7 Å². The van der Waals surface area contributed by atoms with Gasteiger partial charge in [-0.05, 0) is 31.0 Å². The number of hydrogen-bond acceptors (Lipinski definition) is 5. The summed E-state index contributed by atoms with van der Waals surface area (Å²) in [6.07, 6.45) is 6.46. The summed E-state index contributed by atoms with van der Waals surface area (Å²) in [5.74, 6) is -0.350. The van der Waals surface area contributed by atoms with Crippen LogP contribution in [0.1, 0.15) is 23.2 Å². The van der Waals surface area contributed by atoms with Gasteiger partial charge < -0.3 is 15.3 Å². The van der Waals surface area contributed by atoms with Crippen LogP contribution in [0, 0.1) is 5.92 Å². The van der Waals surface area contributed by atoms with E-state index in [-0.39, 0.29) is 17.4 Å². The van der Waals surface area contributed by atoms with E-state index in [1.807, 2.05) is 0 Å². The highest BCUT2D eigenvalue weighted by atomic mass is 16.4. The predicted molar refractivity (Wildman–Crippen MR) is 89.0 cm³/mol. The van der Waals surface area contributed by atoms with Gasteiger partial charge >= 0.3 is 5.97 Å². The van der Waals surface area contributed by atoms with Gasteiger partial charge in [-0.15, -0.1) is 0 Å². The number of hydrogen-bond donors (Lipinski definition) is 2. The second-order valence-electron chi connectivity index (χ2n) is 5.70. The molecule has 1 fully saturated rings. The highest BCUT2D eigenvalue weighted by Crippen LogP contribution is 2.22. The molecular formula is C17H18N4O3. The van der Waals surface area contributed by atoms with Gasteiger partial charge in [0.05, 0.1) is 11.8 Å². The Bertz CT molecular complexity index is 728. The van der Waals surface area contributed by atoms with E-state index >= 15 is 0 Å². The largest absolute Gasteiger partial charge is 0.478 e. The lowest BCUT2D eigenvalue weighted by Gasteiger charge is -2.31. The average Bonchev–Trinajstić information content (AvgIpc) is 2.63. The number of aromatic nitrogens is 2. The molecule has 1 saturated heterocycles. The van der Waals surface area contributed by atoms with Crippen molar-refractivity contribution in [2.75, 3.05) is 23.3 Å². The Hall–Kier alpha value is -2.96. The van der Waals surface area contributed by atoms with Crippen LogP contribution in [0.25, 0.3) is 0 Å². The fraction of sp³-hybridized carbons (Fsp3) is 0.294. The highest BCUT2D eigenvalue weighted by Gasteiger charge is 2.25. The number of carbonyl (C=O) groups is 2. The number of piperidine rings is 1. The van der Waals surface area contributed by atoms with Gasteiger partial charge in [0.25, 0.3) is 0 Å². The third-order valence-electron chi connectivity index (χ3n) is 4.12. The Morgan fingerprint density at radius 3 is 2.67 bits per heavy atom. The molecule has 24 heavy (non-hydrogen) atoms. The summed E-state index contributed by atoms with van der Waals surface area (Å²) in [6, 6.07) is 6.28. The van der Waals surface area contributed by atoms with Crippen molar-refractivity contribution in [3.05, 3.63) is 48.4 Å². The van der Waals surface area contributed by atoms with Crippen molar-refractivity contribution >= 4 is 23.4 Å². The molecule has 0 radical (unpaired) electrons. The first-order valence-electron chi connectivity index (χ1n) is 7.78. The zero-order chi connectivity index (χ0) is 16.9. The van der Waals surface area contributed by atoms with Crippen molar-refractivity contribution in [1.82, 2.24) is 9.97 Å². The summed E-state index contributed by atoms with van der Waals surface area (Å²) < 4.78 is 0. The molecule has 0 spiro atoms. The molecule has 0 atom stereocenters. The summed E-state index contributed by atoms with van der Waals surface area (Å²) in [4.78, 5) is 33.8. The van der Waals surface area contributed by atoms with E-state index in [4.69, 9.17) is 5.11 Å². The average molecular weight is 326 g/mol. The van der Waals surface area contributed by atoms with Crippen LogP contribution in [0.4, 0.5) is 11.5 Å². The third kappa shape index (κ3) is 3.68. The van der Waals surface area contributed by atoms with E-state index in [2.05, 4.69) is 20.2 Å². The Labute approximate surface area is 139 Å². The molecule has 0 unspecified atom stereocenters. The standard InChI is InChI=1S/C17H18N4O3/c22-16(20-14-3-1-2-13(10-14)17(23)24)12-4-8-21(9-5-12)15-11-18-6-7-19-15/h1-3,6-7,10-12H,4-5,8-9H2,(H,20,22)(H,23,24). The molecule has 2 aromatic rings. The molecule has 2 heterocycles. The van der Waals surface area contributed by atoms with Crippen LogP contribution < -0.4 is 10.2 Å². The molecule has 1 amide bonds. The monoisotopic (exact) mass is 326 g/mol. The van der Waals surface area contributed by atoms with Crippen molar-refractivity contribution < 1.29 is 14.7 Å². The van der Waals surface area contributed by atoms with Gasteiger partial charge in [-0.2, -0.15) is 0 Å². The molecule has 1 aromatic carbocycles. The third-order valence-corrected chi connectivity index (χ3v) is 4.12. The van der Waals surface area contributed by atoms with E-state index in [1.165, 1.54) is 12.1 Å².